The fraction of sp³-hybridized carbons (Fsp3) is 0.316. The minimum absolute atomic E-state index is 0.0140. The van der Waals surface area contributed by atoms with Crippen LogP contribution in [0.1, 0.15) is 59.8 Å². The van der Waals surface area contributed by atoms with Crippen molar-refractivity contribution < 1.29 is 14.3 Å². The summed E-state index contributed by atoms with van der Waals surface area (Å²) < 4.78 is 10.5. The molecule has 0 aliphatic carbocycles. The van der Waals surface area contributed by atoms with Crippen LogP contribution >= 0.6 is 0 Å². The van der Waals surface area contributed by atoms with E-state index in [1.54, 1.807) is 6.92 Å². The normalized spacial score (nSPS) is 16.0. The number of esters is 1. The summed E-state index contributed by atoms with van der Waals surface area (Å²) in [6.45, 7) is 6.16. The van der Waals surface area contributed by atoms with Crippen molar-refractivity contribution in [2.45, 2.75) is 32.6 Å². The van der Waals surface area contributed by atoms with Crippen LogP contribution in [0.4, 0.5) is 0 Å². The molecule has 0 bridgehead atoms. The minimum Gasteiger partial charge on any atom is -0.461 e. The second kappa shape index (κ2) is 6.92. The SMILES string of the molecule is CCOC(=O)c1[nH]nc2c1C(c1ccc(C(C)C)cc1)C(C#N)=C(N)O2. The molecule has 1 aliphatic heterocycles. The minimum atomic E-state index is -0.553. The van der Waals surface area contributed by atoms with Gasteiger partial charge in [0.1, 0.15) is 11.6 Å². The van der Waals surface area contributed by atoms with Crippen molar-refractivity contribution in [3.8, 4) is 11.9 Å². The molecule has 1 aromatic heterocycles. The molecule has 0 fully saturated rings. The Balaban J connectivity index is 2.15. The second-order valence-corrected chi connectivity index (χ2v) is 6.28. The number of allylic oxidation sites excluding steroid dienone is 1. The van der Waals surface area contributed by atoms with Crippen molar-refractivity contribution >= 4 is 5.97 Å². The largest absolute Gasteiger partial charge is 0.461 e. The van der Waals surface area contributed by atoms with E-state index in [1.165, 1.54) is 5.56 Å². The van der Waals surface area contributed by atoms with E-state index in [0.29, 0.717) is 11.5 Å². The first-order valence-corrected chi connectivity index (χ1v) is 8.40. The van der Waals surface area contributed by atoms with Gasteiger partial charge in [-0.15, -0.1) is 5.10 Å². The van der Waals surface area contributed by atoms with Gasteiger partial charge in [-0.2, -0.15) is 5.26 Å². The first-order valence-electron chi connectivity index (χ1n) is 8.40. The average Bonchev–Trinajstić information content (AvgIpc) is 3.04. The van der Waals surface area contributed by atoms with Crippen LogP contribution < -0.4 is 10.5 Å². The maximum absolute atomic E-state index is 12.3. The topological polar surface area (TPSA) is 114 Å². The molecule has 1 aromatic carbocycles. The maximum atomic E-state index is 12.3. The number of hydrogen-bond acceptors (Lipinski definition) is 6. The van der Waals surface area contributed by atoms with E-state index < -0.39 is 11.9 Å². The van der Waals surface area contributed by atoms with Crippen molar-refractivity contribution in [2.75, 3.05) is 6.61 Å². The van der Waals surface area contributed by atoms with Crippen molar-refractivity contribution in [1.29, 1.82) is 5.26 Å². The van der Waals surface area contributed by atoms with Gasteiger partial charge in [-0.25, -0.2) is 4.79 Å². The average molecular weight is 352 g/mol. The van der Waals surface area contributed by atoms with E-state index >= 15 is 0 Å². The smallest absolute Gasteiger partial charge is 0.356 e. The summed E-state index contributed by atoms with van der Waals surface area (Å²) >= 11 is 0. The Bertz CT molecular complexity index is 904. The third kappa shape index (κ3) is 2.90. The lowest BCUT2D eigenvalue weighted by Gasteiger charge is -2.24. The Hall–Kier alpha value is -3.27. The first-order chi connectivity index (χ1) is 12.5. The Kier molecular flexibility index (Phi) is 4.67. The number of hydrogen-bond donors (Lipinski definition) is 2. The molecule has 3 rings (SSSR count). The number of rotatable bonds is 4. The zero-order valence-electron chi connectivity index (χ0n) is 14.9. The number of benzene rings is 1. The molecule has 1 aliphatic rings. The predicted molar refractivity (Wildman–Crippen MR) is 94.4 cm³/mol. The molecular formula is C19H20N4O3. The molecule has 0 spiro atoms. The van der Waals surface area contributed by atoms with Gasteiger partial charge in [-0.05, 0) is 24.0 Å². The molecule has 3 N–H and O–H groups in total. The van der Waals surface area contributed by atoms with Gasteiger partial charge in [0, 0.05) is 0 Å². The third-order valence-electron chi connectivity index (χ3n) is 4.35. The van der Waals surface area contributed by atoms with Crippen LogP contribution in [0.25, 0.3) is 0 Å². The Morgan fingerprint density at radius 3 is 2.69 bits per heavy atom. The fourth-order valence-corrected chi connectivity index (χ4v) is 3.01. The second-order valence-electron chi connectivity index (χ2n) is 6.28. The summed E-state index contributed by atoms with van der Waals surface area (Å²) in [6, 6.07) is 9.98. The van der Waals surface area contributed by atoms with Gasteiger partial charge in [0.25, 0.3) is 0 Å². The summed E-state index contributed by atoms with van der Waals surface area (Å²) in [5, 5.41) is 16.3. The number of aromatic nitrogens is 2. The number of aromatic amines is 1. The molecule has 1 unspecified atom stereocenters. The summed E-state index contributed by atoms with van der Waals surface area (Å²) in [5.74, 6) is -0.550. The predicted octanol–water partition coefficient (Wildman–Crippen LogP) is 2.93. The van der Waals surface area contributed by atoms with Crippen LogP contribution in [-0.2, 0) is 4.74 Å². The summed E-state index contributed by atoms with van der Waals surface area (Å²) in [5.41, 5.74) is 8.79. The number of H-pyrrole nitrogens is 1. The molecule has 0 saturated heterocycles. The van der Waals surface area contributed by atoms with E-state index in [0.717, 1.165) is 5.56 Å². The Morgan fingerprint density at radius 2 is 2.12 bits per heavy atom. The van der Waals surface area contributed by atoms with Crippen LogP contribution in [0, 0.1) is 11.3 Å². The standard InChI is InChI=1S/C19H20N4O3/c1-4-25-19(24)16-15-14(12-7-5-11(6-8-12)10(2)3)13(9-20)17(21)26-18(15)23-22-16/h5-8,10,14H,4,21H2,1-3H3,(H,22,23). The van der Waals surface area contributed by atoms with Crippen molar-refractivity contribution in [3.05, 3.63) is 58.1 Å². The molecule has 1 atom stereocenters. The number of nitrogens with zero attached hydrogens (tertiary/aromatic N) is 2. The van der Waals surface area contributed by atoms with Crippen molar-refractivity contribution in [3.63, 3.8) is 0 Å². The molecule has 7 heteroatoms. The highest BCUT2D eigenvalue weighted by atomic mass is 16.5. The van der Waals surface area contributed by atoms with E-state index in [-0.39, 0.29) is 29.6 Å². The van der Waals surface area contributed by atoms with Gasteiger partial charge >= 0.3 is 5.97 Å². The Morgan fingerprint density at radius 1 is 1.42 bits per heavy atom. The number of carbonyl (C=O) groups is 1. The van der Waals surface area contributed by atoms with Gasteiger partial charge in [-0.3, -0.25) is 5.10 Å². The summed E-state index contributed by atoms with van der Waals surface area (Å²) in [4.78, 5) is 12.3. The van der Waals surface area contributed by atoms with Gasteiger partial charge in [0.05, 0.1) is 18.1 Å². The molecule has 0 saturated carbocycles. The molecule has 7 nitrogen and oxygen atoms in total. The highest BCUT2D eigenvalue weighted by Crippen LogP contribution is 2.43. The number of ether oxygens (including phenoxy) is 2. The van der Waals surface area contributed by atoms with Crippen LogP contribution in [0.15, 0.2) is 35.7 Å². The van der Waals surface area contributed by atoms with E-state index in [1.807, 2.05) is 24.3 Å². The molecule has 134 valence electrons. The number of fused-ring (bicyclic) bond motifs is 1. The van der Waals surface area contributed by atoms with Crippen molar-refractivity contribution in [1.82, 2.24) is 10.2 Å². The zero-order chi connectivity index (χ0) is 18.8. The van der Waals surface area contributed by atoms with Crippen molar-refractivity contribution in [2.24, 2.45) is 5.73 Å². The number of carbonyl (C=O) groups excluding carboxylic acids is 1. The number of nitrogens with two attached hydrogens (primary N) is 1. The van der Waals surface area contributed by atoms with Gasteiger partial charge in [0.15, 0.2) is 5.69 Å². The lowest BCUT2D eigenvalue weighted by Crippen LogP contribution is -2.22. The molecular weight excluding hydrogens is 332 g/mol. The molecule has 2 aromatic rings. The van der Waals surface area contributed by atoms with E-state index in [9.17, 15) is 10.1 Å². The molecule has 0 radical (unpaired) electrons. The maximum Gasteiger partial charge on any atom is 0.356 e. The zero-order valence-corrected chi connectivity index (χ0v) is 14.9. The Labute approximate surface area is 151 Å². The molecule has 2 heterocycles. The van der Waals surface area contributed by atoms with Crippen LogP contribution in [-0.4, -0.2) is 22.8 Å². The quantitative estimate of drug-likeness (QED) is 0.818. The lowest BCUT2D eigenvalue weighted by molar-refractivity contribution is 0.0518. The first kappa shape index (κ1) is 17.5. The van der Waals surface area contributed by atoms with Gasteiger partial charge < -0.3 is 15.2 Å². The fourth-order valence-electron chi connectivity index (χ4n) is 3.01. The lowest BCUT2D eigenvalue weighted by atomic mass is 9.83. The highest BCUT2D eigenvalue weighted by molar-refractivity contribution is 5.90. The highest BCUT2D eigenvalue weighted by Gasteiger charge is 2.37. The van der Waals surface area contributed by atoms with Gasteiger partial charge in [-0.1, -0.05) is 38.1 Å². The van der Waals surface area contributed by atoms with Crippen LogP contribution in [0.2, 0.25) is 0 Å². The molecule has 26 heavy (non-hydrogen) atoms. The molecule has 0 amide bonds. The number of nitriles is 1. The van der Waals surface area contributed by atoms with Crippen LogP contribution in [0.5, 0.6) is 5.88 Å². The third-order valence-corrected chi connectivity index (χ3v) is 4.35. The summed E-state index contributed by atoms with van der Waals surface area (Å²) in [7, 11) is 0. The van der Waals surface area contributed by atoms with E-state index in [4.69, 9.17) is 15.2 Å². The van der Waals surface area contributed by atoms with E-state index in [2.05, 4.69) is 30.1 Å². The van der Waals surface area contributed by atoms with Crippen LogP contribution in [0.3, 0.4) is 0 Å². The number of nitrogens with one attached hydrogen (secondary N) is 1. The van der Waals surface area contributed by atoms with Gasteiger partial charge in [0.2, 0.25) is 11.8 Å². The monoisotopic (exact) mass is 352 g/mol. The summed E-state index contributed by atoms with van der Waals surface area (Å²) in [6.07, 6.45) is 0.